The third-order valence-corrected chi connectivity index (χ3v) is 9.49. The van der Waals surface area contributed by atoms with E-state index in [-0.39, 0.29) is 5.75 Å². The van der Waals surface area contributed by atoms with Crippen molar-refractivity contribution in [2.24, 2.45) is 35.5 Å². The van der Waals surface area contributed by atoms with Gasteiger partial charge in [0.15, 0.2) is 0 Å². The second kappa shape index (κ2) is 13.0. The molecule has 1 nitrogen and oxygen atoms in total. The predicted molar refractivity (Wildman–Crippen MR) is 142 cm³/mol. The molecule has 3 fully saturated rings. The van der Waals surface area contributed by atoms with Crippen LogP contribution in [0, 0.1) is 35.5 Å². The lowest BCUT2D eigenvalue weighted by atomic mass is 9.69. The first-order valence-electron chi connectivity index (χ1n) is 14.7. The van der Waals surface area contributed by atoms with E-state index in [0.717, 1.165) is 55.4 Å². The zero-order chi connectivity index (χ0) is 27.2. The van der Waals surface area contributed by atoms with Crippen LogP contribution in [0.1, 0.15) is 95.5 Å². The molecule has 1 aromatic carbocycles. The van der Waals surface area contributed by atoms with Crippen molar-refractivity contribution in [3.63, 3.8) is 0 Å². The number of benzene rings is 1. The van der Waals surface area contributed by atoms with Crippen molar-refractivity contribution in [1.29, 1.82) is 0 Å². The Bertz CT molecular complexity index is 881. The molecule has 6 heteroatoms. The number of hydrogen-bond donors (Lipinski definition) is 0. The summed E-state index contributed by atoms with van der Waals surface area (Å²) in [6.45, 7) is 3.84. The first-order valence-corrected chi connectivity index (χ1v) is 14.7. The van der Waals surface area contributed by atoms with E-state index in [0.29, 0.717) is 30.6 Å². The molecule has 0 atom stereocenters. The summed E-state index contributed by atoms with van der Waals surface area (Å²) in [7, 11) is 0. The monoisotopic (exact) mass is 538 g/mol. The summed E-state index contributed by atoms with van der Waals surface area (Å²) in [5, 5.41) is 0. The van der Waals surface area contributed by atoms with Crippen LogP contribution < -0.4 is 4.74 Å². The summed E-state index contributed by atoms with van der Waals surface area (Å²) in [4.78, 5) is 0. The van der Waals surface area contributed by atoms with Crippen LogP contribution >= 0.6 is 0 Å². The van der Waals surface area contributed by atoms with Gasteiger partial charge in [0.05, 0.1) is 11.5 Å². The first-order chi connectivity index (χ1) is 18.1. The van der Waals surface area contributed by atoms with Crippen molar-refractivity contribution in [2.75, 3.05) is 0 Å². The average Bonchev–Trinajstić information content (AvgIpc) is 2.91. The molecule has 0 heterocycles. The summed E-state index contributed by atoms with van der Waals surface area (Å²) >= 11 is 0. The molecule has 1 aromatic rings. The van der Waals surface area contributed by atoms with Gasteiger partial charge in [0.2, 0.25) is 0 Å². The SMILES string of the molecule is C=CCCC1CCC(/C=C/C2CCC(C3CCC(C(F)(F)Oc4ccc(C(F)(F)F)cc4)CC3)CC2)CC1. The van der Waals surface area contributed by atoms with Crippen molar-refractivity contribution in [2.45, 2.75) is 102 Å². The number of allylic oxidation sites excluding steroid dienone is 3. The molecule has 0 amide bonds. The molecule has 4 rings (SSSR count). The normalized spacial score (nSPS) is 31.3. The number of hydrogen-bond acceptors (Lipinski definition) is 1. The van der Waals surface area contributed by atoms with Gasteiger partial charge in [0.25, 0.3) is 0 Å². The summed E-state index contributed by atoms with van der Waals surface area (Å²) in [6, 6.07) is 3.52. The van der Waals surface area contributed by atoms with Crippen molar-refractivity contribution < 1.29 is 26.7 Å². The molecule has 0 bridgehead atoms. The topological polar surface area (TPSA) is 9.23 Å². The third-order valence-electron chi connectivity index (χ3n) is 9.49. The number of alkyl halides is 5. The molecule has 0 radical (unpaired) electrons. The van der Waals surface area contributed by atoms with Crippen molar-refractivity contribution in [3.05, 3.63) is 54.6 Å². The van der Waals surface area contributed by atoms with Crippen LogP contribution in [-0.4, -0.2) is 6.11 Å². The number of ether oxygens (including phenoxy) is 1. The summed E-state index contributed by atoms with van der Waals surface area (Å²) < 4.78 is 72.7. The van der Waals surface area contributed by atoms with Crippen LogP contribution in [0.4, 0.5) is 22.0 Å². The minimum absolute atomic E-state index is 0.225. The fourth-order valence-corrected chi connectivity index (χ4v) is 7.03. The molecule has 0 spiro atoms. The third kappa shape index (κ3) is 8.08. The van der Waals surface area contributed by atoms with Crippen LogP contribution in [-0.2, 0) is 6.18 Å². The highest BCUT2D eigenvalue weighted by Gasteiger charge is 2.45. The minimum Gasteiger partial charge on any atom is -0.432 e. The molecule has 3 aliphatic rings. The molecule has 38 heavy (non-hydrogen) atoms. The zero-order valence-corrected chi connectivity index (χ0v) is 22.4. The lowest BCUT2D eigenvalue weighted by molar-refractivity contribution is -0.224. The van der Waals surface area contributed by atoms with E-state index in [9.17, 15) is 22.0 Å². The second-order valence-electron chi connectivity index (χ2n) is 12.0. The Morgan fingerprint density at radius 3 is 1.71 bits per heavy atom. The average molecular weight is 539 g/mol. The Balaban J connectivity index is 1.16. The van der Waals surface area contributed by atoms with Gasteiger partial charge in [0, 0.05) is 0 Å². The highest BCUT2D eigenvalue weighted by molar-refractivity contribution is 5.29. The van der Waals surface area contributed by atoms with Gasteiger partial charge in [0.1, 0.15) is 5.75 Å². The van der Waals surface area contributed by atoms with E-state index in [1.54, 1.807) is 0 Å². The minimum atomic E-state index is -4.50. The van der Waals surface area contributed by atoms with E-state index in [1.807, 2.05) is 6.08 Å². The van der Waals surface area contributed by atoms with Crippen LogP contribution in [0.2, 0.25) is 0 Å². The summed E-state index contributed by atoms with van der Waals surface area (Å²) in [5.74, 6) is 2.25. The van der Waals surface area contributed by atoms with Gasteiger partial charge in [-0.15, -0.1) is 6.58 Å². The Hall–Kier alpha value is -1.85. The first kappa shape index (κ1) is 29.1. The fourth-order valence-electron chi connectivity index (χ4n) is 7.03. The predicted octanol–water partition coefficient (Wildman–Crippen LogP) is 10.6. The fraction of sp³-hybridized carbons (Fsp3) is 0.688. The van der Waals surface area contributed by atoms with Gasteiger partial charge in [-0.2, -0.15) is 22.0 Å². The molecule has 0 saturated heterocycles. The number of rotatable bonds is 9. The lowest BCUT2D eigenvalue weighted by Gasteiger charge is -2.39. The van der Waals surface area contributed by atoms with Crippen molar-refractivity contribution in [1.82, 2.24) is 0 Å². The van der Waals surface area contributed by atoms with E-state index < -0.39 is 23.8 Å². The van der Waals surface area contributed by atoms with Gasteiger partial charge in [-0.1, -0.05) is 18.2 Å². The molecule has 0 N–H and O–H groups in total. The van der Waals surface area contributed by atoms with E-state index >= 15 is 0 Å². The standard InChI is InChI=1S/C32H43F5O/c1-2-3-4-23-5-7-24(8-6-23)9-10-25-11-13-26(14-12-25)27-15-17-29(18-16-27)32(36,37)38-30-21-19-28(20-22-30)31(33,34)35/h2,9-10,19-27,29H,1,3-8,11-18H2/b10-9+. The molecular formula is C32H43F5O. The molecule has 0 aliphatic heterocycles. The smallest absolute Gasteiger partial charge is 0.416 e. The largest absolute Gasteiger partial charge is 0.432 e. The highest BCUT2D eigenvalue weighted by Crippen LogP contribution is 2.46. The summed E-state index contributed by atoms with van der Waals surface area (Å²) in [5.41, 5.74) is -0.874. The molecular weight excluding hydrogens is 495 g/mol. The van der Waals surface area contributed by atoms with Gasteiger partial charge < -0.3 is 4.74 Å². The molecule has 0 unspecified atom stereocenters. The maximum atomic E-state index is 14.8. The molecule has 3 saturated carbocycles. The van der Waals surface area contributed by atoms with Gasteiger partial charge in [-0.05, 0) is 144 Å². The van der Waals surface area contributed by atoms with Gasteiger partial charge in [-0.25, -0.2) is 0 Å². The van der Waals surface area contributed by atoms with Crippen LogP contribution in [0.25, 0.3) is 0 Å². The van der Waals surface area contributed by atoms with Crippen LogP contribution in [0.5, 0.6) is 5.75 Å². The van der Waals surface area contributed by atoms with Crippen LogP contribution in [0.3, 0.4) is 0 Å². The van der Waals surface area contributed by atoms with Crippen LogP contribution in [0.15, 0.2) is 49.1 Å². The maximum absolute atomic E-state index is 14.8. The molecule has 212 valence electrons. The lowest BCUT2D eigenvalue weighted by Crippen LogP contribution is -2.38. The maximum Gasteiger partial charge on any atom is 0.416 e. The molecule has 3 aliphatic carbocycles. The van der Waals surface area contributed by atoms with Crippen molar-refractivity contribution >= 4 is 0 Å². The van der Waals surface area contributed by atoms with Crippen molar-refractivity contribution in [3.8, 4) is 5.75 Å². The highest BCUT2D eigenvalue weighted by atomic mass is 19.4. The second-order valence-corrected chi connectivity index (χ2v) is 12.0. The zero-order valence-electron chi connectivity index (χ0n) is 22.4. The molecule has 0 aromatic heterocycles. The number of halogens is 5. The van der Waals surface area contributed by atoms with Gasteiger partial charge >= 0.3 is 12.3 Å². The van der Waals surface area contributed by atoms with E-state index in [2.05, 4.69) is 18.7 Å². The Morgan fingerprint density at radius 2 is 1.21 bits per heavy atom. The Morgan fingerprint density at radius 1 is 0.711 bits per heavy atom. The van der Waals surface area contributed by atoms with E-state index in [4.69, 9.17) is 4.74 Å². The Labute approximate surface area is 224 Å². The summed E-state index contributed by atoms with van der Waals surface area (Å²) in [6.07, 6.45) is 13.9. The quantitative estimate of drug-likeness (QED) is 0.224. The Kier molecular flexibility index (Phi) is 9.97. The van der Waals surface area contributed by atoms with E-state index in [1.165, 1.54) is 57.8 Å². The van der Waals surface area contributed by atoms with Gasteiger partial charge in [-0.3, -0.25) is 0 Å².